The number of benzene rings is 1. The molecule has 0 N–H and O–H groups in total. The summed E-state index contributed by atoms with van der Waals surface area (Å²) in [6.07, 6.45) is 3.00. The van der Waals surface area contributed by atoms with Crippen LogP contribution in [0.5, 0.6) is 5.75 Å². The summed E-state index contributed by atoms with van der Waals surface area (Å²) in [6.45, 7) is 0. The van der Waals surface area contributed by atoms with E-state index in [1.54, 1.807) is 7.11 Å². The van der Waals surface area contributed by atoms with E-state index in [-0.39, 0.29) is 0 Å². The molecular weight excluding hydrogens is 332 g/mol. The first-order valence-electron chi connectivity index (χ1n) is 7.27. The van der Waals surface area contributed by atoms with Crippen LogP contribution < -0.4 is 4.74 Å². The molecule has 0 aliphatic heterocycles. The van der Waals surface area contributed by atoms with Gasteiger partial charge < -0.3 is 9.15 Å². The lowest BCUT2D eigenvalue weighted by atomic mass is 10.1. The topological polar surface area (TPSA) is 73.9 Å². The van der Waals surface area contributed by atoms with Crippen LogP contribution in [0.1, 0.15) is 36.0 Å². The molecule has 6 nitrogen and oxygen atoms in total. The molecule has 4 rings (SSSR count). The summed E-state index contributed by atoms with van der Waals surface area (Å²) in [5.41, 5.74) is 1.10. The maximum Gasteiger partial charge on any atom is 0.283 e. The molecule has 0 spiro atoms. The second-order valence-corrected chi connectivity index (χ2v) is 7.23. The predicted octanol–water partition coefficient (Wildman–Crippen LogP) is 3.55. The number of hydrogen-bond donors (Lipinski definition) is 0. The third-order valence-electron chi connectivity index (χ3n) is 3.50. The van der Waals surface area contributed by atoms with Crippen LogP contribution in [0.4, 0.5) is 0 Å². The van der Waals surface area contributed by atoms with Crippen molar-refractivity contribution in [3.8, 4) is 5.75 Å². The zero-order valence-electron chi connectivity index (χ0n) is 12.4. The lowest BCUT2D eigenvalue weighted by Gasteiger charge is -2.00. The van der Waals surface area contributed by atoms with E-state index in [9.17, 15) is 0 Å². The normalized spacial score (nSPS) is 14.1. The SMILES string of the molecule is COc1ccc(Cc2nnc(Sc3nc(C4CC4)ns3)o2)cc1. The lowest BCUT2D eigenvalue weighted by molar-refractivity contribution is 0.413. The summed E-state index contributed by atoms with van der Waals surface area (Å²) in [5.74, 6) is 2.94. The van der Waals surface area contributed by atoms with Gasteiger partial charge in [-0.2, -0.15) is 4.37 Å². The molecule has 2 heterocycles. The molecule has 1 saturated carbocycles. The van der Waals surface area contributed by atoms with Crippen molar-refractivity contribution in [1.82, 2.24) is 19.6 Å². The second-order valence-electron chi connectivity index (χ2n) is 5.28. The Balaban J connectivity index is 1.41. The molecule has 1 aliphatic carbocycles. The molecule has 0 saturated heterocycles. The van der Waals surface area contributed by atoms with Gasteiger partial charge in [0.05, 0.1) is 13.5 Å². The van der Waals surface area contributed by atoms with E-state index >= 15 is 0 Å². The van der Waals surface area contributed by atoms with Crippen molar-refractivity contribution in [1.29, 1.82) is 0 Å². The summed E-state index contributed by atoms with van der Waals surface area (Å²) >= 11 is 2.77. The first-order valence-corrected chi connectivity index (χ1v) is 8.86. The van der Waals surface area contributed by atoms with E-state index in [0.717, 1.165) is 21.5 Å². The Bertz CT molecular complexity index is 796. The summed E-state index contributed by atoms with van der Waals surface area (Å²) in [6, 6.07) is 7.81. The number of methoxy groups -OCH3 is 1. The summed E-state index contributed by atoms with van der Waals surface area (Å²) < 4.78 is 16.1. The lowest BCUT2D eigenvalue weighted by Crippen LogP contribution is -1.89. The quantitative estimate of drug-likeness (QED) is 0.675. The fraction of sp³-hybridized carbons (Fsp3) is 0.333. The molecular formula is C15H14N4O2S2. The zero-order chi connectivity index (χ0) is 15.6. The Hall–Kier alpha value is -1.93. The van der Waals surface area contributed by atoms with E-state index in [1.165, 1.54) is 36.1 Å². The van der Waals surface area contributed by atoms with Crippen molar-refractivity contribution >= 4 is 23.3 Å². The Morgan fingerprint density at radius 2 is 2.09 bits per heavy atom. The third kappa shape index (κ3) is 3.53. The highest BCUT2D eigenvalue weighted by Crippen LogP contribution is 2.40. The number of aromatic nitrogens is 4. The van der Waals surface area contributed by atoms with Crippen LogP contribution in [0.2, 0.25) is 0 Å². The minimum Gasteiger partial charge on any atom is -0.497 e. The highest BCUT2D eigenvalue weighted by atomic mass is 32.2. The first-order chi connectivity index (χ1) is 11.3. The molecule has 1 aliphatic rings. The number of hydrogen-bond acceptors (Lipinski definition) is 8. The number of nitrogens with zero attached hydrogens (tertiary/aromatic N) is 4. The van der Waals surface area contributed by atoms with Gasteiger partial charge in [0, 0.05) is 17.7 Å². The first kappa shape index (κ1) is 14.6. The van der Waals surface area contributed by atoms with Crippen molar-refractivity contribution in [2.24, 2.45) is 0 Å². The van der Waals surface area contributed by atoms with Gasteiger partial charge in [-0.25, -0.2) is 4.98 Å². The van der Waals surface area contributed by atoms with Gasteiger partial charge in [0.25, 0.3) is 5.22 Å². The van der Waals surface area contributed by atoms with Crippen LogP contribution >= 0.6 is 23.3 Å². The highest BCUT2D eigenvalue weighted by molar-refractivity contribution is 8.00. The monoisotopic (exact) mass is 346 g/mol. The van der Waals surface area contributed by atoms with E-state index in [2.05, 4.69) is 19.6 Å². The van der Waals surface area contributed by atoms with Crippen molar-refractivity contribution in [2.45, 2.75) is 34.7 Å². The molecule has 0 unspecified atom stereocenters. The van der Waals surface area contributed by atoms with Gasteiger partial charge in [-0.05, 0) is 42.1 Å². The van der Waals surface area contributed by atoms with Crippen molar-refractivity contribution in [2.75, 3.05) is 7.11 Å². The minimum absolute atomic E-state index is 0.506. The molecule has 23 heavy (non-hydrogen) atoms. The van der Waals surface area contributed by atoms with Crippen LogP contribution in [0.25, 0.3) is 0 Å². The number of rotatable bonds is 6. The third-order valence-corrected chi connectivity index (χ3v) is 5.11. The fourth-order valence-corrected chi connectivity index (χ4v) is 3.59. The predicted molar refractivity (Wildman–Crippen MR) is 86.1 cm³/mol. The van der Waals surface area contributed by atoms with Gasteiger partial charge in [-0.1, -0.05) is 12.1 Å². The van der Waals surface area contributed by atoms with Gasteiger partial charge in [-0.3, -0.25) is 0 Å². The van der Waals surface area contributed by atoms with Gasteiger partial charge in [0.1, 0.15) is 11.6 Å². The maximum atomic E-state index is 5.68. The summed E-state index contributed by atoms with van der Waals surface area (Å²) in [4.78, 5) is 4.51. The second kappa shape index (κ2) is 6.29. The molecule has 0 amide bonds. The van der Waals surface area contributed by atoms with Crippen LogP contribution in [-0.2, 0) is 6.42 Å². The van der Waals surface area contributed by atoms with Gasteiger partial charge in [-0.15, -0.1) is 10.2 Å². The van der Waals surface area contributed by atoms with E-state index in [4.69, 9.17) is 9.15 Å². The fourth-order valence-electron chi connectivity index (χ4n) is 2.11. The van der Waals surface area contributed by atoms with Gasteiger partial charge in [0.2, 0.25) is 5.89 Å². The van der Waals surface area contributed by atoms with Gasteiger partial charge in [0.15, 0.2) is 4.34 Å². The van der Waals surface area contributed by atoms with Crippen molar-refractivity contribution < 1.29 is 9.15 Å². The molecule has 2 aromatic heterocycles. The smallest absolute Gasteiger partial charge is 0.283 e. The molecule has 0 bridgehead atoms. The Morgan fingerprint density at radius 3 is 2.83 bits per heavy atom. The average Bonchev–Trinajstić information content (AvgIpc) is 3.17. The van der Waals surface area contributed by atoms with E-state index in [0.29, 0.717) is 23.5 Å². The van der Waals surface area contributed by atoms with E-state index in [1.807, 2.05) is 24.3 Å². The van der Waals surface area contributed by atoms with Crippen molar-refractivity contribution in [3.63, 3.8) is 0 Å². The largest absolute Gasteiger partial charge is 0.497 e. The average molecular weight is 346 g/mol. The van der Waals surface area contributed by atoms with Crippen LogP contribution in [0.15, 0.2) is 38.2 Å². The summed E-state index contributed by atoms with van der Waals surface area (Å²) in [7, 11) is 1.65. The molecule has 0 radical (unpaired) electrons. The highest BCUT2D eigenvalue weighted by Gasteiger charge is 2.28. The Kier molecular flexibility index (Phi) is 4.00. The van der Waals surface area contributed by atoms with Crippen LogP contribution in [0.3, 0.4) is 0 Å². The molecule has 118 valence electrons. The zero-order valence-corrected chi connectivity index (χ0v) is 14.1. The standard InChI is InChI=1S/C15H14N4O2S2/c1-20-11-6-2-9(3-7-11)8-12-17-18-14(21-12)22-15-16-13(19-23-15)10-4-5-10/h2-3,6-7,10H,4-5,8H2,1H3. The Labute approximate surface area is 141 Å². The molecule has 0 atom stereocenters. The maximum absolute atomic E-state index is 5.68. The van der Waals surface area contributed by atoms with Crippen LogP contribution in [0, 0.1) is 0 Å². The molecule has 3 aromatic rings. The molecule has 1 fully saturated rings. The number of ether oxygens (including phenoxy) is 1. The molecule has 1 aromatic carbocycles. The molecule has 8 heteroatoms. The van der Waals surface area contributed by atoms with Gasteiger partial charge >= 0.3 is 0 Å². The summed E-state index contributed by atoms with van der Waals surface area (Å²) in [5, 5.41) is 8.67. The Morgan fingerprint density at radius 1 is 1.26 bits per heavy atom. The van der Waals surface area contributed by atoms with Crippen molar-refractivity contribution in [3.05, 3.63) is 41.5 Å². The van der Waals surface area contributed by atoms with Crippen LogP contribution in [-0.4, -0.2) is 26.7 Å². The van der Waals surface area contributed by atoms with E-state index < -0.39 is 0 Å². The minimum atomic E-state index is 0.506.